The van der Waals surface area contributed by atoms with Crippen LogP contribution in [0.25, 0.3) is 0 Å². The van der Waals surface area contributed by atoms with E-state index in [0.29, 0.717) is 0 Å². The Morgan fingerprint density at radius 1 is 1.44 bits per heavy atom. The fourth-order valence-corrected chi connectivity index (χ4v) is 2.38. The minimum absolute atomic E-state index is 0.125. The second kappa shape index (κ2) is 5.21. The van der Waals surface area contributed by atoms with E-state index in [1.165, 1.54) is 12.3 Å². The topological polar surface area (TPSA) is 88.3 Å². The summed E-state index contributed by atoms with van der Waals surface area (Å²) in [6.07, 6.45) is 1.40. The lowest BCUT2D eigenvalue weighted by Crippen LogP contribution is -2.48. The molecule has 0 unspecified atom stereocenters. The molecule has 1 aromatic heterocycles. The van der Waals surface area contributed by atoms with Gasteiger partial charge in [0.2, 0.25) is 0 Å². The predicted octanol–water partition coefficient (Wildman–Crippen LogP) is 0.282. The highest BCUT2D eigenvalue weighted by Gasteiger charge is 2.25. The second-order valence-electron chi connectivity index (χ2n) is 4.93. The van der Waals surface area contributed by atoms with Gasteiger partial charge < -0.3 is 10.6 Å². The molecule has 1 rings (SSSR count). The van der Waals surface area contributed by atoms with Crippen LogP contribution >= 0.6 is 0 Å². The number of sulfonamides is 1. The van der Waals surface area contributed by atoms with Crippen molar-refractivity contribution < 1.29 is 8.42 Å². The Bertz CT molecular complexity index is 512. The van der Waals surface area contributed by atoms with E-state index in [1.807, 2.05) is 32.8 Å². The summed E-state index contributed by atoms with van der Waals surface area (Å²) in [4.78, 5) is 5.75. The van der Waals surface area contributed by atoms with E-state index in [0.717, 1.165) is 0 Å². The van der Waals surface area contributed by atoms with Gasteiger partial charge in [-0.05, 0) is 40.1 Å². The van der Waals surface area contributed by atoms with Crippen LogP contribution in [0.15, 0.2) is 23.4 Å². The van der Waals surface area contributed by atoms with Gasteiger partial charge in [0.25, 0.3) is 10.0 Å². The number of nitrogen functional groups attached to an aromatic ring is 1. The largest absolute Gasteiger partial charge is 0.396 e. The van der Waals surface area contributed by atoms with Crippen LogP contribution in [0.3, 0.4) is 0 Å². The first kappa shape index (κ1) is 14.9. The molecule has 0 saturated heterocycles. The molecule has 0 fully saturated rings. The number of pyridine rings is 1. The summed E-state index contributed by atoms with van der Waals surface area (Å²) in [7, 11) is 0.114. The normalized spacial score (nSPS) is 12.9. The summed E-state index contributed by atoms with van der Waals surface area (Å²) in [5.74, 6) is 0. The molecule has 7 heteroatoms. The van der Waals surface area contributed by atoms with Crippen molar-refractivity contribution in [2.75, 3.05) is 26.4 Å². The van der Waals surface area contributed by atoms with Crippen LogP contribution in [0.1, 0.15) is 13.8 Å². The molecule has 0 aliphatic carbocycles. The molecule has 3 N–H and O–H groups in total. The fraction of sp³-hybridized carbons (Fsp3) is 0.545. The van der Waals surface area contributed by atoms with Gasteiger partial charge in [-0.15, -0.1) is 0 Å². The van der Waals surface area contributed by atoms with Gasteiger partial charge in [-0.1, -0.05) is 0 Å². The van der Waals surface area contributed by atoms with Gasteiger partial charge >= 0.3 is 0 Å². The zero-order valence-electron chi connectivity index (χ0n) is 11.1. The first-order valence-corrected chi connectivity index (χ1v) is 7.03. The number of likely N-dealkylation sites (N-methyl/N-ethyl adjacent to an activating group) is 1. The number of nitrogens with one attached hydrogen (secondary N) is 1. The molecule has 1 aromatic rings. The lowest BCUT2D eigenvalue weighted by Gasteiger charge is -2.32. The second-order valence-corrected chi connectivity index (χ2v) is 6.61. The highest BCUT2D eigenvalue weighted by molar-refractivity contribution is 7.89. The third-order valence-electron chi connectivity index (χ3n) is 2.96. The number of anilines is 1. The van der Waals surface area contributed by atoms with Crippen molar-refractivity contribution in [2.24, 2.45) is 0 Å². The Labute approximate surface area is 108 Å². The van der Waals surface area contributed by atoms with Crippen LogP contribution < -0.4 is 10.5 Å². The van der Waals surface area contributed by atoms with Gasteiger partial charge in [0.05, 0.1) is 5.69 Å². The van der Waals surface area contributed by atoms with Gasteiger partial charge in [0, 0.05) is 18.3 Å². The van der Waals surface area contributed by atoms with Crippen LogP contribution in [0.4, 0.5) is 5.69 Å². The molecule has 6 nitrogen and oxygen atoms in total. The molecule has 0 aliphatic heterocycles. The Hall–Kier alpha value is -1.18. The van der Waals surface area contributed by atoms with Crippen LogP contribution in [0.5, 0.6) is 0 Å². The van der Waals surface area contributed by atoms with Crippen molar-refractivity contribution in [1.82, 2.24) is 14.6 Å². The molecule has 18 heavy (non-hydrogen) atoms. The quantitative estimate of drug-likeness (QED) is 0.804. The van der Waals surface area contributed by atoms with Crippen molar-refractivity contribution in [3.05, 3.63) is 18.3 Å². The highest BCUT2D eigenvalue weighted by atomic mass is 32.2. The van der Waals surface area contributed by atoms with Gasteiger partial charge in [-0.3, -0.25) is 0 Å². The molecule has 102 valence electrons. The molecule has 0 bridgehead atoms. The summed E-state index contributed by atoms with van der Waals surface area (Å²) in [6.45, 7) is 4.16. The van der Waals surface area contributed by atoms with Gasteiger partial charge in [0.15, 0.2) is 5.03 Å². The van der Waals surface area contributed by atoms with E-state index < -0.39 is 10.0 Å². The molecular weight excluding hydrogens is 252 g/mol. The van der Waals surface area contributed by atoms with Crippen molar-refractivity contribution in [3.63, 3.8) is 0 Å². The van der Waals surface area contributed by atoms with Crippen LogP contribution in [0.2, 0.25) is 0 Å². The number of rotatable bonds is 5. The number of hydrogen-bond acceptors (Lipinski definition) is 5. The molecular formula is C11H20N4O2S. The third-order valence-corrected chi connectivity index (χ3v) is 4.34. The summed E-state index contributed by atoms with van der Waals surface area (Å²) in [6, 6.07) is 3.11. The minimum Gasteiger partial charge on any atom is -0.396 e. The molecule has 0 aliphatic rings. The number of aromatic nitrogens is 1. The van der Waals surface area contributed by atoms with Gasteiger partial charge in [-0.25, -0.2) is 18.1 Å². The van der Waals surface area contributed by atoms with Crippen LogP contribution in [-0.4, -0.2) is 44.5 Å². The number of nitrogens with two attached hydrogens (primary N) is 1. The summed E-state index contributed by atoms with van der Waals surface area (Å²) < 4.78 is 26.6. The lowest BCUT2D eigenvalue weighted by molar-refractivity contribution is 0.199. The van der Waals surface area contributed by atoms with Crippen molar-refractivity contribution in [1.29, 1.82) is 0 Å². The molecule has 0 radical (unpaired) electrons. The molecule has 0 atom stereocenters. The molecule has 0 aromatic carbocycles. The van der Waals surface area contributed by atoms with E-state index in [1.54, 1.807) is 6.07 Å². The molecule has 0 spiro atoms. The highest BCUT2D eigenvalue weighted by Crippen LogP contribution is 2.15. The van der Waals surface area contributed by atoms with E-state index in [4.69, 9.17) is 5.73 Å². The maximum absolute atomic E-state index is 12.1. The predicted molar refractivity (Wildman–Crippen MR) is 71.6 cm³/mol. The van der Waals surface area contributed by atoms with Crippen molar-refractivity contribution in [2.45, 2.75) is 24.4 Å². The van der Waals surface area contributed by atoms with Crippen LogP contribution in [0, 0.1) is 0 Å². The van der Waals surface area contributed by atoms with Gasteiger partial charge in [0.1, 0.15) is 0 Å². The zero-order valence-corrected chi connectivity index (χ0v) is 12.0. The lowest BCUT2D eigenvalue weighted by atomic mass is 10.1. The van der Waals surface area contributed by atoms with E-state index >= 15 is 0 Å². The smallest absolute Gasteiger partial charge is 0.260 e. The Kier molecular flexibility index (Phi) is 4.31. The standard InChI is InChI=1S/C11H20N4O2S/c1-11(2,15(3)4)8-14-18(16,17)10-9(12)6-5-7-13-10/h5-7,14H,8,12H2,1-4H3. The first-order valence-electron chi connectivity index (χ1n) is 5.54. The van der Waals surface area contributed by atoms with Gasteiger partial charge in [-0.2, -0.15) is 0 Å². The molecule has 1 heterocycles. The van der Waals surface area contributed by atoms with Crippen LogP contribution in [-0.2, 0) is 10.0 Å². The average molecular weight is 272 g/mol. The summed E-state index contributed by atoms with van der Waals surface area (Å²) in [5, 5.41) is -0.125. The molecule has 0 saturated carbocycles. The van der Waals surface area contributed by atoms with Crippen molar-refractivity contribution in [3.8, 4) is 0 Å². The first-order chi connectivity index (χ1) is 8.17. The summed E-state index contributed by atoms with van der Waals surface area (Å²) in [5.41, 5.74) is 5.46. The molecule has 0 amide bonds. The third kappa shape index (κ3) is 3.41. The maximum Gasteiger partial charge on any atom is 0.260 e. The summed E-state index contributed by atoms with van der Waals surface area (Å²) >= 11 is 0. The van der Waals surface area contributed by atoms with E-state index in [2.05, 4.69) is 9.71 Å². The zero-order chi connectivity index (χ0) is 14.0. The van der Waals surface area contributed by atoms with E-state index in [9.17, 15) is 8.42 Å². The number of nitrogens with zero attached hydrogens (tertiary/aromatic N) is 2. The average Bonchev–Trinajstić information content (AvgIpc) is 2.27. The monoisotopic (exact) mass is 272 g/mol. The maximum atomic E-state index is 12.1. The minimum atomic E-state index is -3.67. The SMILES string of the molecule is CN(C)C(C)(C)CNS(=O)(=O)c1ncccc1N. The van der Waals surface area contributed by atoms with Crippen molar-refractivity contribution >= 4 is 15.7 Å². The number of hydrogen-bond donors (Lipinski definition) is 2. The Morgan fingerprint density at radius 2 is 2.06 bits per heavy atom. The Morgan fingerprint density at radius 3 is 2.56 bits per heavy atom. The van der Waals surface area contributed by atoms with E-state index in [-0.39, 0.29) is 22.8 Å². The fourth-order valence-electron chi connectivity index (χ4n) is 1.13. The Balaban J connectivity index is 2.88.